The lowest BCUT2D eigenvalue weighted by atomic mass is 10.1. The van der Waals surface area contributed by atoms with Gasteiger partial charge < -0.3 is 0 Å². The fourth-order valence-electron chi connectivity index (χ4n) is 0.843. The van der Waals surface area contributed by atoms with Crippen LogP contribution in [-0.4, -0.2) is 20.4 Å². The maximum absolute atomic E-state index is 10.9. The van der Waals surface area contributed by atoms with E-state index in [1.165, 1.54) is 6.92 Å². The lowest BCUT2D eigenvalue weighted by Crippen LogP contribution is -2.48. The fourth-order valence-corrected chi connectivity index (χ4v) is 1.78. The number of nitrogens with zero attached hydrogens (tertiary/aromatic N) is 1. The monoisotopic (exact) mass is 190 g/mol. The molecule has 2 atom stereocenters. The van der Waals surface area contributed by atoms with Crippen LogP contribution in [0.2, 0.25) is 0 Å². The first-order chi connectivity index (χ1) is 5.46. The number of hydrogen-bond acceptors (Lipinski definition) is 5. The topological polar surface area (TPSA) is 96.3 Å². The second-order valence-electron chi connectivity index (χ2n) is 2.33. The van der Waals surface area contributed by atoms with Gasteiger partial charge in [0, 0.05) is 0 Å². The van der Waals surface area contributed by atoms with Crippen LogP contribution in [0.15, 0.2) is 0 Å². The van der Waals surface area contributed by atoms with Gasteiger partial charge in [-0.15, -0.1) is 0 Å². The molecule has 2 unspecified atom stereocenters. The molecule has 1 fully saturated rings. The zero-order valence-corrected chi connectivity index (χ0v) is 6.96. The Morgan fingerprint density at radius 2 is 2.25 bits per heavy atom. The normalized spacial score (nSPS) is 33.5. The highest BCUT2D eigenvalue weighted by molar-refractivity contribution is 7.85. The number of amides is 1. The molecule has 1 amide bonds. The van der Waals surface area contributed by atoms with Crippen molar-refractivity contribution in [1.29, 1.82) is 5.26 Å². The van der Waals surface area contributed by atoms with E-state index in [0.29, 0.717) is 0 Å². The van der Waals surface area contributed by atoms with E-state index >= 15 is 0 Å². The molecule has 0 aromatic rings. The summed E-state index contributed by atoms with van der Waals surface area (Å²) >= 11 is 0. The van der Waals surface area contributed by atoms with E-state index in [2.05, 4.69) is 4.18 Å². The number of nitriles is 1. The molecule has 1 aliphatic heterocycles. The predicted octanol–water partition coefficient (Wildman–Crippen LogP) is -1.09. The molecular weight excluding hydrogens is 184 g/mol. The quantitative estimate of drug-likeness (QED) is 0.523. The number of carbonyl (C=O) groups is 1. The maximum Gasteiger partial charge on any atom is 0.362 e. The maximum atomic E-state index is 10.9. The van der Waals surface area contributed by atoms with Crippen LogP contribution in [0.3, 0.4) is 0 Å². The predicted molar refractivity (Wildman–Crippen MR) is 36.7 cm³/mol. The second kappa shape index (κ2) is 2.73. The smallest absolute Gasteiger partial charge is 0.272 e. The highest BCUT2D eigenvalue weighted by atomic mass is 32.2. The minimum atomic E-state index is -3.97. The summed E-state index contributed by atoms with van der Waals surface area (Å²) in [5.74, 6) is -1.90. The van der Waals surface area contributed by atoms with E-state index in [1.807, 2.05) is 0 Å². The van der Waals surface area contributed by atoms with Crippen LogP contribution in [0.1, 0.15) is 6.92 Å². The van der Waals surface area contributed by atoms with Gasteiger partial charge in [0.15, 0.2) is 5.92 Å². The molecule has 1 saturated heterocycles. The summed E-state index contributed by atoms with van der Waals surface area (Å²) in [4.78, 5) is 10.9. The third-order valence-corrected chi connectivity index (χ3v) is 2.40. The van der Waals surface area contributed by atoms with Gasteiger partial charge in [0.1, 0.15) is 6.10 Å². The molecule has 0 aromatic heterocycles. The third kappa shape index (κ3) is 1.54. The first-order valence-electron chi connectivity index (χ1n) is 3.11. The summed E-state index contributed by atoms with van der Waals surface area (Å²) in [5.41, 5.74) is 0. The molecule has 0 bridgehead atoms. The van der Waals surface area contributed by atoms with Gasteiger partial charge in [-0.05, 0) is 6.92 Å². The van der Waals surface area contributed by atoms with Gasteiger partial charge in [-0.1, -0.05) is 0 Å². The number of nitrogens with one attached hydrogen (secondary N) is 1. The van der Waals surface area contributed by atoms with Gasteiger partial charge >= 0.3 is 10.3 Å². The molecule has 1 rings (SSSR count). The molecule has 0 aromatic carbocycles. The molecule has 0 radical (unpaired) electrons. The highest BCUT2D eigenvalue weighted by Crippen LogP contribution is 2.14. The van der Waals surface area contributed by atoms with Gasteiger partial charge in [-0.2, -0.15) is 13.7 Å². The Kier molecular flexibility index (Phi) is 2.04. The van der Waals surface area contributed by atoms with Crippen molar-refractivity contribution in [1.82, 2.24) is 4.72 Å². The van der Waals surface area contributed by atoms with Crippen LogP contribution in [0.5, 0.6) is 0 Å². The average Bonchev–Trinajstić information content (AvgIpc) is 1.82. The van der Waals surface area contributed by atoms with Crippen molar-refractivity contribution in [2.45, 2.75) is 13.0 Å². The van der Waals surface area contributed by atoms with Crippen molar-refractivity contribution in [3.05, 3.63) is 0 Å². The molecule has 6 nitrogen and oxygen atoms in total. The Morgan fingerprint density at radius 1 is 1.67 bits per heavy atom. The van der Waals surface area contributed by atoms with Crippen LogP contribution in [0.4, 0.5) is 0 Å². The molecule has 7 heteroatoms. The first kappa shape index (κ1) is 8.96. The molecule has 12 heavy (non-hydrogen) atoms. The van der Waals surface area contributed by atoms with Crippen LogP contribution in [-0.2, 0) is 19.3 Å². The summed E-state index contributed by atoms with van der Waals surface area (Å²) in [7, 11) is -3.97. The lowest BCUT2D eigenvalue weighted by Gasteiger charge is -2.22. The van der Waals surface area contributed by atoms with Crippen molar-refractivity contribution in [3.8, 4) is 6.07 Å². The van der Waals surface area contributed by atoms with Crippen molar-refractivity contribution >= 4 is 16.2 Å². The first-order valence-corrected chi connectivity index (χ1v) is 4.51. The Hall–Kier alpha value is -1.13. The Labute approximate surface area is 69.4 Å². The Balaban J connectivity index is 2.94. The van der Waals surface area contributed by atoms with E-state index in [-0.39, 0.29) is 0 Å². The summed E-state index contributed by atoms with van der Waals surface area (Å²) in [6.45, 7) is 1.35. The Bertz CT molecular complexity index is 341. The van der Waals surface area contributed by atoms with E-state index in [1.54, 1.807) is 10.8 Å². The van der Waals surface area contributed by atoms with E-state index in [4.69, 9.17) is 5.26 Å². The molecular formula is C5H6N2O4S. The van der Waals surface area contributed by atoms with Crippen LogP contribution in [0, 0.1) is 17.2 Å². The molecule has 1 aliphatic rings. The van der Waals surface area contributed by atoms with Crippen molar-refractivity contribution in [2.75, 3.05) is 0 Å². The van der Waals surface area contributed by atoms with Crippen LogP contribution < -0.4 is 4.72 Å². The number of hydrogen-bond donors (Lipinski definition) is 1. The largest absolute Gasteiger partial charge is 0.362 e. The van der Waals surface area contributed by atoms with Gasteiger partial charge in [-0.3, -0.25) is 4.79 Å². The average molecular weight is 190 g/mol. The summed E-state index contributed by atoms with van der Waals surface area (Å²) in [5, 5.41) is 8.42. The van der Waals surface area contributed by atoms with Crippen LogP contribution >= 0.6 is 0 Å². The molecule has 1 N–H and O–H groups in total. The molecule has 0 spiro atoms. The summed E-state index contributed by atoms with van der Waals surface area (Å²) in [6, 6.07) is 1.64. The van der Waals surface area contributed by atoms with Crippen LogP contribution in [0.25, 0.3) is 0 Å². The van der Waals surface area contributed by atoms with E-state index < -0.39 is 28.2 Å². The fraction of sp³-hybridized carbons (Fsp3) is 0.600. The number of carbonyl (C=O) groups excluding carboxylic acids is 1. The second-order valence-corrected chi connectivity index (χ2v) is 3.63. The Morgan fingerprint density at radius 3 is 2.67 bits per heavy atom. The zero-order chi connectivity index (χ0) is 9.35. The number of rotatable bonds is 0. The molecule has 0 aliphatic carbocycles. The van der Waals surface area contributed by atoms with Crippen molar-refractivity contribution < 1.29 is 17.4 Å². The highest BCUT2D eigenvalue weighted by Gasteiger charge is 2.37. The van der Waals surface area contributed by atoms with Gasteiger partial charge in [0.05, 0.1) is 6.07 Å². The molecule has 1 heterocycles. The lowest BCUT2D eigenvalue weighted by molar-refractivity contribution is -0.125. The SMILES string of the molecule is CC1OS(=O)(=O)NC(=O)C1C#N. The van der Waals surface area contributed by atoms with E-state index in [0.717, 1.165) is 0 Å². The third-order valence-electron chi connectivity index (χ3n) is 1.40. The molecule has 0 saturated carbocycles. The standard InChI is InChI=1S/C5H6N2O4S/c1-3-4(2-6)5(8)7-12(9,10)11-3/h3-4H,1H3,(H,7,8). The minimum absolute atomic E-state index is 0.837. The van der Waals surface area contributed by atoms with Gasteiger partial charge in [0.25, 0.3) is 5.91 Å². The van der Waals surface area contributed by atoms with Gasteiger partial charge in [0.2, 0.25) is 0 Å². The summed E-state index contributed by atoms with van der Waals surface area (Å²) < 4.78 is 27.3. The van der Waals surface area contributed by atoms with Crippen molar-refractivity contribution in [3.63, 3.8) is 0 Å². The van der Waals surface area contributed by atoms with Gasteiger partial charge in [-0.25, -0.2) is 8.91 Å². The molecule has 66 valence electrons. The summed E-state index contributed by atoms with van der Waals surface area (Å²) in [6.07, 6.45) is -0.922. The van der Waals surface area contributed by atoms with E-state index in [9.17, 15) is 13.2 Å². The minimum Gasteiger partial charge on any atom is -0.272 e. The van der Waals surface area contributed by atoms with Crippen molar-refractivity contribution in [2.24, 2.45) is 5.92 Å². The zero-order valence-electron chi connectivity index (χ0n) is 6.14.